The molecule has 30 heavy (non-hydrogen) atoms. The van der Waals surface area contributed by atoms with Gasteiger partial charge in [-0.3, -0.25) is 4.79 Å². The molecule has 0 aliphatic carbocycles. The summed E-state index contributed by atoms with van der Waals surface area (Å²) in [5.74, 6) is 2.92. The van der Waals surface area contributed by atoms with E-state index in [1.165, 1.54) is 0 Å². The van der Waals surface area contributed by atoms with Crippen molar-refractivity contribution in [3.8, 4) is 5.82 Å². The molecule has 0 aromatic carbocycles. The van der Waals surface area contributed by atoms with Crippen LogP contribution >= 0.6 is 11.3 Å². The summed E-state index contributed by atoms with van der Waals surface area (Å²) in [4.78, 5) is 31.3. The largest absolute Gasteiger partial charge is 0.356 e. The van der Waals surface area contributed by atoms with Gasteiger partial charge in [-0.15, -0.1) is 11.3 Å². The van der Waals surface area contributed by atoms with Gasteiger partial charge in [0.15, 0.2) is 5.82 Å². The number of hydrogen-bond acceptors (Lipinski definition) is 7. The van der Waals surface area contributed by atoms with E-state index in [9.17, 15) is 4.79 Å². The first kappa shape index (κ1) is 19.2. The summed E-state index contributed by atoms with van der Waals surface area (Å²) in [6.07, 6.45) is 3.90. The first-order chi connectivity index (χ1) is 14.5. The van der Waals surface area contributed by atoms with E-state index in [4.69, 9.17) is 0 Å². The van der Waals surface area contributed by atoms with Crippen LogP contribution in [0.2, 0.25) is 0 Å². The minimum Gasteiger partial charge on any atom is -0.356 e. The van der Waals surface area contributed by atoms with Crippen LogP contribution in [0.4, 0.5) is 5.82 Å². The third-order valence-electron chi connectivity index (χ3n) is 6.02. The number of hydrogen-bond donors (Lipinski definition) is 0. The third-order valence-corrected chi connectivity index (χ3v) is 6.94. The molecule has 9 heteroatoms. The number of anilines is 1. The molecule has 0 saturated carbocycles. The number of amides is 1. The maximum Gasteiger partial charge on any atom is 0.227 e. The molecule has 0 bridgehead atoms. The smallest absolute Gasteiger partial charge is 0.227 e. The maximum absolute atomic E-state index is 12.7. The lowest BCUT2D eigenvalue weighted by molar-refractivity contribution is -0.129. The van der Waals surface area contributed by atoms with E-state index in [2.05, 4.69) is 25.0 Å². The van der Waals surface area contributed by atoms with Crippen molar-refractivity contribution in [3.63, 3.8) is 0 Å². The molecule has 3 aromatic heterocycles. The van der Waals surface area contributed by atoms with E-state index in [1.54, 1.807) is 17.7 Å². The number of rotatable bonds is 4. The van der Waals surface area contributed by atoms with Crippen LogP contribution in [-0.4, -0.2) is 61.7 Å². The number of carbonyl (C=O) groups is 1. The van der Waals surface area contributed by atoms with Crippen molar-refractivity contribution >= 4 is 23.1 Å². The summed E-state index contributed by atoms with van der Waals surface area (Å²) >= 11 is 1.61. The number of likely N-dealkylation sites (tertiary alicyclic amines) is 1. The molecular formula is C21H25N7OS. The lowest BCUT2D eigenvalue weighted by Gasteiger charge is -2.22. The third kappa shape index (κ3) is 3.58. The van der Waals surface area contributed by atoms with Gasteiger partial charge in [0.05, 0.1) is 17.1 Å². The van der Waals surface area contributed by atoms with Crippen molar-refractivity contribution < 1.29 is 4.79 Å². The minimum absolute atomic E-state index is 0.216. The molecule has 2 aliphatic rings. The van der Waals surface area contributed by atoms with Crippen LogP contribution in [0.25, 0.3) is 5.82 Å². The summed E-state index contributed by atoms with van der Waals surface area (Å²) in [5.41, 5.74) is 2.03. The van der Waals surface area contributed by atoms with Gasteiger partial charge in [0.25, 0.3) is 0 Å². The zero-order chi connectivity index (χ0) is 20.8. The highest BCUT2D eigenvalue weighted by Gasteiger charge is 2.42. The Hall–Kier alpha value is -2.81. The zero-order valence-corrected chi connectivity index (χ0v) is 18.3. The van der Waals surface area contributed by atoms with Gasteiger partial charge < -0.3 is 9.80 Å². The Labute approximate surface area is 179 Å². The van der Waals surface area contributed by atoms with E-state index in [1.807, 2.05) is 48.7 Å². The normalized spacial score (nSPS) is 20.8. The van der Waals surface area contributed by atoms with Crippen LogP contribution in [0.1, 0.15) is 21.3 Å². The first-order valence-corrected chi connectivity index (χ1v) is 11.1. The van der Waals surface area contributed by atoms with Gasteiger partial charge in [-0.05, 0) is 26.8 Å². The molecule has 0 radical (unpaired) electrons. The van der Waals surface area contributed by atoms with Crippen molar-refractivity contribution in [3.05, 3.63) is 45.9 Å². The van der Waals surface area contributed by atoms with Crippen LogP contribution in [-0.2, 0) is 11.2 Å². The lowest BCUT2D eigenvalue weighted by Crippen LogP contribution is -2.34. The molecule has 8 nitrogen and oxygen atoms in total. The average Bonchev–Trinajstić information content (AvgIpc) is 3.46. The summed E-state index contributed by atoms with van der Waals surface area (Å²) in [6, 6.07) is 4.05. The van der Waals surface area contributed by atoms with Crippen molar-refractivity contribution in [1.82, 2.24) is 29.6 Å². The van der Waals surface area contributed by atoms with Gasteiger partial charge in [0.2, 0.25) is 5.91 Å². The van der Waals surface area contributed by atoms with E-state index < -0.39 is 0 Å². The Balaban J connectivity index is 1.24. The summed E-state index contributed by atoms with van der Waals surface area (Å²) in [6.45, 7) is 9.47. The topological polar surface area (TPSA) is 80.0 Å². The van der Waals surface area contributed by atoms with Gasteiger partial charge in [-0.25, -0.2) is 19.6 Å². The van der Waals surface area contributed by atoms with Crippen LogP contribution in [0, 0.1) is 32.6 Å². The summed E-state index contributed by atoms with van der Waals surface area (Å²) in [7, 11) is 0. The SMILES string of the molecule is Cc1cc(C)n(-c2cc(N3CC4CN(C(=O)Cc5cnc(C)s5)CC4C3)ncn2)n1. The number of carbonyl (C=O) groups excluding carboxylic acids is 1. The number of thiazole rings is 1. The Morgan fingerprint density at radius 3 is 2.40 bits per heavy atom. The molecule has 2 fully saturated rings. The van der Waals surface area contributed by atoms with Gasteiger partial charge in [0, 0.05) is 60.8 Å². The second kappa shape index (κ2) is 7.46. The van der Waals surface area contributed by atoms with E-state index in [-0.39, 0.29) is 5.91 Å². The molecule has 2 unspecified atom stereocenters. The van der Waals surface area contributed by atoms with Crippen molar-refractivity contribution in [1.29, 1.82) is 0 Å². The lowest BCUT2D eigenvalue weighted by atomic mass is 10.0. The number of fused-ring (bicyclic) bond motifs is 1. The van der Waals surface area contributed by atoms with E-state index in [0.717, 1.165) is 59.1 Å². The van der Waals surface area contributed by atoms with Crippen LogP contribution in [0.5, 0.6) is 0 Å². The van der Waals surface area contributed by atoms with Gasteiger partial charge in [-0.1, -0.05) is 0 Å². The molecule has 5 heterocycles. The highest BCUT2D eigenvalue weighted by Crippen LogP contribution is 2.34. The predicted molar refractivity (Wildman–Crippen MR) is 115 cm³/mol. The summed E-state index contributed by atoms with van der Waals surface area (Å²) < 4.78 is 1.86. The maximum atomic E-state index is 12.7. The molecule has 2 saturated heterocycles. The molecule has 156 valence electrons. The van der Waals surface area contributed by atoms with E-state index in [0.29, 0.717) is 18.3 Å². The molecular weight excluding hydrogens is 398 g/mol. The van der Waals surface area contributed by atoms with Crippen LogP contribution < -0.4 is 4.90 Å². The van der Waals surface area contributed by atoms with Crippen molar-refractivity contribution in [2.75, 3.05) is 31.1 Å². The van der Waals surface area contributed by atoms with Crippen LogP contribution in [0.15, 0.2) is 24.7 Å². The molecule has 0 N–H and O–H groups in total. The first-order valence-electron chi connectivity index (χ1n) is 10.3. The molecule has 2 aliphatic heterocycles. The monoisotopic (exact) mass is 423 g/mol. The molecule has 2 atom stereocenters. The zero-order valence-electron chi connectivity index (χ0n) is 17.4. The van der Waals surface area contributed by atoms with Gasteiger partial charge in [0.1, 0.15) is 12.1 Å². The fraction of sp³-hybridized carbons (Fsp3) is 0.476. The number of aromatic nitrogens is 5. The molecule has 1 amide bonds. The minimum atomic E-state index is 0.216. The fourth-order valence-corrected chi connectivity index (χ4v) is 5.40. The molecule has 0 spiro atoms. The van der Waals surface area contributed by atoms with Crippen molar-refractivity contribution in [2.24, 2.45) is 11.8 Å². The predicted octanol–water partition coefficient (Wildman–Crippen LogP) is 2.18. The second-order valence-electron chi connectivity index (χ2n) is 8.32. The summed E-state index contributed by atoms with van der Waals surface area (Å²) in [5, 5.41) is 5.54. The Morgan fingerprint density at radius 2 is 1.77 bits per heavy atom. The highest BCUT2D eigenvalue weighted by molar-refractivity contribution is 7.11. The van der Waals surface area contributed by atoms with Gasteiger partial charge in [-0.2, -0.15) is 5.10 Å². The Kier molecular flexibility index (Phi) is 4.77. The second-order valence-corrected chi connectivity index (χ2v) is 9.64. The number of nitrogens with zero attached hydrogens (tertiary/aromatic N) is 7. The molecule has 5 rings (SSSR count). The van der Waals surface area contributed by atoms with Crippen molar-refractivity contribution in [2.45, 2.75) is 27.2 Å². The fourth-order valence-electron chi connectivity index (χ4n) is 4.62. The standard InChI is InChI=1S/C21H25N7OS/c1-13-4-14(2)28(25-13)20-6-19(23-12-24-20)26-8-16-10-27(11-17(16)9-26)21(29)5-18-7-22-15(3)30-18/h4,6-7,12,16-17H,5,8-11H2,1-3H3. The quantitative estimate of drug-likeness (QED) is 0.640. The molecule has 3 aromatic rings. The Morgan fingerprint density at radius 1 is 1.03 bits per heavy atom. The van der Waals surface area contributed by atoms with Crippen LogP contribution in [0.3, 0.4) is 0 Å². The van der Waals surface area contributed by atoms with Gasteiger partial charge >= 0.3 is 0 Å². The average molecular weight is 424 g/mol. The van der Waals surface area contributed by atoms with E-state index >= 15 is 0 Å². The Bertz CT molecular complexity index is 1080. The number of aryl methyl sites for hydroxylation is 3. The highest BCUT2D eigenvalue weighted by atomic mass is 32.1.